The molecule has 3 unspecified atom stereocenters. The van der Waals surface area contributed by atoms with Gasteiger partial charge in [0.25, 0.3) is 5.91 Å². The highest BCUT2D eigenvalue weighted by Crippen LogP contribution is 2.32. The van der Waals surface area contributed by atoms with Gasteiger partial charge in [-0.1, -0.05) is 88.2 Å². The Hall–Kier alpha value is -3.40. The van der Waals surface area contributed by atoms with Crippen LogP contribution in [0, 0.1) is 6.92 Å². The highest BCUT2D eigenvalue weighted by molar-refractivity contribution is 8.15. The van der Waals surface area contributed by atoms with Gasteiger partial charge < -0.3 is 20.5 Å². The highest BCUT2D eigenvalue weighted by atomic mass is 32.2. The monoisotopic (exact) mass is 643 g/mol. The lowest BCUT2D eigenvalue weighted by atomic mass is 9.94. The van der Waals surface area contributed by atoms with Crippen LogP contribution in [0.5, 0.6) is 0 Å². The van der Waals surface area contributed by atoms with Crippen molar-refractivity contribution in [1.82, 2.24) is 10.6 Å². The summed E-state index contributed by atoms with van der Waals surface area (Å²) >= 11 is 0. The van der Waals surface area contributed by atoms with Crippen LogP contribution >= 0.6 is 10.7 Å². The third kappa shape index (κ3) is 11.5. The van der Waals surface area contributed by atoms with E-state index in [1.54, 1.807) is 6.07 Å². The normalized spacial score (nSPS) is 13.7. The van der Waals surface area contributed by atoms with Gasteiger partial charge in [-0.2, -0.15) is 13.2 Å². The van der Waals surface area contributed by atoms with Crippen molar-refractivity contribution in [3.05, 3.63) is 106 Å². The van der Waals surface area contributed by atoms with E-state index < -0.39 is 23.9 Å². The number of rotatable bonds is 14. The zero-order valence-corrected chi connectivity index (χ0v) is 28.0. The van der Waals surface area contributed by atoms with E-state index in [9.17, 15) is 23.1 Å². The Bertz CT molecular complexity index is 1420. The molecular formula is C36H48F3N3O2S. The van der Waals surface area contributed by atoms with Gasteiger partial charge >= 0.3 is 6.18 Å². The SMILES string of the molecule is C=S(CC)Nc1cc(C(=O)NC(Cc2ccccc2)C(O)CNCc2cccc(C(F)(F)F)c2)cc(/C(=C\C)CC)c1C.CC. The molecule has 9 heteroatoms. The van der Waals surface area contributed by atoms with Gasteiger partial charge in [-0.05, 0) is 72.7 Å². The average molecular weight is 644 g/mol. The standard InChI is InChI=1S/C34H42F3N3O2S.C2H6/c1-6-26(7-2)29-19-27(20-30(23(29)4)40-43(5)8-3)33(42)39-31(18-24-13-10-9-11-14-24)32(41)22-38-21-25-15-12-16-28(17-25)34(35,36)37;1-2/h6,9-17,19-20,31-32,38,40-41H,5,7-8,18,21-22H2,1-4H3,(H,39,42);1-2H3/b26-6-;. The summed E-state index contributed by atoms with van der Waals surface area (Å²) in [5.41, 5.74) is 5.12. The van der Waals surface area contributed by atoms with Gasteiger partial charge in [-0.25, -0.2) is 0 Å². The summed E-state index contributed by atoms with van der Waals surface area (Å²) in [6, 6.07) is 17.7. The fraction of sp³-hybridized carbons (Fsp3) is 0.389. The molecule has 4 N–H and O–H groups in total. The van der Waals surface area contributed by atoms with Crippen LogP contribution in [0.2, 0.25) is 0 Å². The second-order valence-corrected chi connectivity index (χ2v) is 12.2. The minimum atomic E-state index is -4.43. The molecule has 0 aromatic heterocycles. The number of carbonyl (C=O) groups is 1. The first kappa shape index (κ1) is 37.8. The van der Waals surface area contributed by atoms with Crippen LogP contribution < -0.4 is 15.4 Å². The molecule has 0 fully saturated rings. The number of halogens is 3. The van der Waals surface area contributed by atoms with Gasteiger partial charge in [-0.3, -0.25) is 4.79 Å². The predicted molar refractivity (Wildman–Crippen MR) is 186 cm³/mol. The maximum absolute atomic E-state index is 13.7. The van der Waals surface area contributed by atoms with Crippen LogP contribution in [0.15, 0.2) is 72.8 Å². The molecule has 0 heterocycles. The van der Waals surface area contributed by atoms with E-state index >= 15 is 0 Å². The number of nitrogens with one attached hydrogen (secondary N) is 3. The summed E-state index contributed by atoms with van der Waals surface area (Å²) < 4.78 is 42.8. The third-order valence-corrected chi connectivity index (χ3v) is 8.57. The van der Waals surface area contributed by atoms with Gasteiger partial charge in [0.15, 0.2) is 0 Å². The van der Waals surface area contributed by atoms with Crippen molar-refractivity contribution in [2.45, 2.75) is 79.3 Å². The van der Waals surface area contributed by atoms with Crippen molar-refractivity contribution in [1.29, 1.82) is 0 Å². The fourth-order valence-electron chi connectivity index (χ4n) is 4.83. The summed E-state index contributed by atoms with van der Waals surface area (Å²) in [7, 11) is -0.318. The van der Waals surface area contributed by atoms with Crippen molar-refractivity contribution >= 4 is 33.7 Å². The lowest BCUT2D eigenvalue weighted by molar-refractivity contribution is -0.137. The van der Waals surface area contributed by atoms with Crippen molar-refractivity contribution in [2.24, 2.45) is 0 Å². The molecule has 0 radical (unpaired) electrons. The molecule has 246 valence electrons. The van der Waals surface area contributed by atoms with Crippen LogP contribution in [0.3, 0.4) is 0 Å². The average Bonchev–Trinajstić information content (AvgIpc) is 3.03. The molecule has 0 spiro atoms. The maximum Gasteiger partial charge on any atom is 0.416 e. The largest absolute Gasteiger partial charge is 0.416 e. The van der Waals surface area contributed by atoms with E-state index in [0.717, 1.165) is 52.3 Å². The van der Waals surface area contributed by atoms with E-state index in [1.165, 1.54) is 6.07 Å². The maximum atomic E-state index is 13.7. The van der Waals surface area contributed by atoms with E-state index in [1.807, 2.05) is 70.2 Å². The quantitative estimate of drug-likeness (QED) is 0.133. The Morgan fingerprint density at radius 1 is 1.02 bits per heavy atom. The first-order valence-corrected chi connectivity index (χ1v) is 17.0. The van der Waals surface area contributed by atoms with E-state index in [4.69, 9.17) is 0 Å². The fourth-order valence-corrected chi connectivity index (χ4v) is 5.50. The molecule has 3 rings (SSSR count). The first-order chi connectivity index (χ1) is 21.5. The molecule has 0 bridgehead atoms. The van der Waals surface area contributed by atoms with Crippen molar-refractivity contribution in [3.8, 4) is 0 Å². The molecule has 0 aliphatic rings. The summed E-state index contributed by atoms with van der Waals surface area (Å²) in [4.78, 5) is 13.7. The summed E-state index contributed by atoms with van der Waals surface area (Å²) in [5, 5.41) is 17.3. The van der Waals surface area contributed by atoms with E-state index in [2.05, 4.69) is 41.1 Å². The number of aliphatic hydroxyl groups excluding tert-OH is 1. The molecule has 0 aliphatic heterocycles. The Kier molecular flexibility index (Phi) is 15.6. The van der Waals surface area contributed by atoms with Crippen molar-refractivity contribution in [2.75, 3.05) is 17.0 Å². The van der Waals surface area contributed by atoms with Crippen LogP contribution in [0.4, 0.5) is 18.9 Å². The number of anilines is 1. The van der Waals surface area contributed by atoms with E-state index in [-0.39, 0.29) is 29.7 Å². The zero-order valence-electron chi connectivity index (χ0n) is 27.2. The predicted octanol–water partition coefficient (Wildman–Crippen LogP) is 8.39. The summed E-state index contributed by atoms with van der Waals surface area (Å²) in [5.74, 6) is 4.69. The topological polar surface area (TPSA) is 73.4 Å². The number of aliphatic hydroxyl groups is 1. The number of hydrogen-bond acceptors (Lipinski definition) is 4. The number of carbonyl (C=O) groups excluding carboxylic acids is 1. The van der Waals surface area contributed by atoms with Gasteiger partial charge in [0.2, 0.25) is 0 Å². The van der Waals surface area contributed by atoms with E-state index in [0.29, 0.717) is 17.5 Å². The molecule has 1 amide bonds. The molecule has 45 heavy (non-hydrogen) atoms. The molecule has 0 saturated carbocycles. The molecular weight excluding hydrogens is 595 g/mol. The second-order valence-electron chi connectivity index (χ2n) is 10.4. The van der Waals surface area contributed by atoms with Gasteiger partial charge in [-0.15, -0.1) is 10.7 Å². The first-order valence-electron chi connectivity index (χ1n) is 15.4. The van der Waals surface area contributed by atoms with Crippen LogP contribution in [-0.2, 0) is 19.1 Å². The van der Waals surface area contributed by atoms with Crippen LogP contribution in [-0.4, -0.2) is 41.3 Å². The lowest BCUT2D eigenvalue weighted by Crippen LogP contribution is -2.48. The van der Waals surface area contributed by atoms with Crippen molar-refractivity contribution in [3.63, 3.8) is 0 Å². The zero-order chi connectivity index (χ0) is 33.6. The number of amides is 1. The van der Waals surface area contributed by atoms with Crippen LogP contribution in [0.25, 0.3) is 5.57 Å². The van der Waals surface area contributed by atoms with Gasteiger partial charge in [0.05, 0.1) is 17.7 Å². The lowest BCUT2D eigenvalue weighted by Gasteiger charge is -2.26. The number of alkyl halides is 3. The van der Waals surface area contributed by atoms with Crippen LogP contribution in [0.1, 0.15) is 79.2 Å². The molecule has 3 atom stereocenters. The number of allylic oxidation sites excluding steroid dienone is 2. The smallest absolute Gasteiger partial charge is 0.390 e. The Morgan fingerprint density at radius 3 is 2.29 bits per heavy atom. The highest BCUT2D eigenvalue weighted by Gasteiger charge is 2.30. The Labute approximate surface area is 269 Å². The minimum absolute atomic E-state index is 0.0688. The Morgan fingerprint density at radius 2 is 1.69 bits per heavy atom. The molecule has 0 saturated heterocycles. The molecule has 3 aromatic rings. The van der Waals surface area contributed by atoms with Gasteiger partial charge in [0, 0.05) is 30.1 Å². The minimum Gasteiger partial charge on any atom is -0.390 e. The third-order valence-electron chi connectivity index (χ3n) is 7.36. The molecule has 5 nitrogen and oxygen atoms in total. The van der Waals surface area contributed by atoms with Crippen molar-refractivity contribution < 1.29 is 23.1 Å². The number of benzene rings is 3. The summed E-state index contributed by atoms with van der Waals surface area (Å²) in [6.45, 7) is 12.3. The molecule has 3 aromatic carbocycles. The molecule has 0 aliphatic carbocycles. The second kappa shape index (κ2) is 18.5. The van der Waals surface area contributed by atoms with Gasteiger partial charge in [0.1, 0.15) is 0 Å². The Balaban J connectivity index is 0.00000345. The summed E-state index contributed by atoms with van der Waals surface area (Å²) in [6.07, 6.45) is -2.21. The number of hydrogen-bond donors (Lipinski definition) is 4.